The largest absolute Gasteiger partial charge is 0.333 e. The summed E-state index contributed by atoms with van der Waals surface area (Å²) in [5, 5.41) is 2.06. The Morgan fingerprint density at radius 2 is 2.10 bits per heavy atom. The molecule has 0 fully saturated rings. The fourth-order valence-electron chi connectivity index (χ4n) is 0.438. The molecule has 0 aromatic carbocycles. The van der Waals surface area contributed by atoms with Crippen LogP contribution >= 0.6 is 23.6 Å². The molecule has 0 amide bonds. The Bertz CT molecular complexity index is 236. The average Bonchev–Trinajstić information content (AvgIpc) is 2.25. The predicted octanol–water partition coefficient (Wildman–Crippen LogP) is 1.70. The maximum absolute atomic E-state index is 4.96. The van der Waals surface area contributed by atoms with Gasteiger partial charge in [0.25, 0.3) is 0 Å². The molecule has 0 atom stereocenters. The van der Waals surface area contributed by atoms with Gasteiger partial charge in [-0.3, -0.25) is 0 Å². The van der Waals surface area contributed by atoms with Gasteiger partial charge in [0.15, 0.2) is 3.95 Å². The van der Waals surface area contributed by atoms with Crippen LogP contribution in [0.1, 0.15) is 5.69 Å². The van der Waals surface area contributed by atoms with Gasteiger partial charge < -0.3 is 10.3 Å². The second kappa shape index (κ2) is 4.60. The zero-order valence-electron chi connectivity index (χ0n) is 6.42. The van der Waals surface area contributed by atoms with E-state index in [2.05, 4.69) is 11.1 Å². The molecule has 0 bridgehead atoms. The molecule has 0 aliphatic heterocycles. The Hall–Kier alpha value is -0.190. The molecule has 0 spiro atoms. The Balaban J connectivity index is 0.000000371. The zero-order valence-corrected chi connectivity index (χ0v) is 8.05. The number of hydrogen-bond donors (Lipinski definition) is 1. The number of rotatable bonds is 0. The lowest BCUT2D eigenvalue weighted by Gasteiger charge is -1.89. The second-order valence-corrected chi connectivity index (χ2v) is 3.21. The van der Waals surface area contributed by atoms with E-state index in [4.69, 9.17) is 12.2 Å². The van der Waals surface area contributed by atoms with E-state index in [9.17, 15) is 0 Å². The van der Waals surface area contributed by atoms with Crippen molar-refractivity contribution in [3.05, 3.63) is 15.0 Å². The van der Waals surface area contributed by atoms with Crippen molar-refractivity contribution >= 4 is 23.6 Å². The zero-order chi connectivity index (χ0) is 8.15. The number of thiazole rings is 1. The monoisotopic (exact) mass is 176 g/mol. The van der Waals surface area contributed by atoms with Crippen LogP contribution in [0.15, 0.2) is 5.38 Å². The minimum Gasteiger partial charge on any atom is -0.333 e. The molecule has 4 heteroatoms. The van der Waals surface area contributed by atoms with Crippen molar-refractivity contribution in [1.29, 1.82) is 0 Å². The highest BCUT2D eigenvalue weighted by molar-refractivity contribution is 7.73. The Morgan fingerprint density at radius 3 is 2.20 bits per heavy atom. The van der Waals surface area contributed by atoms with Crippen LogP contribution in [0.2, 0.25) is 0 Å². The number of aryl methyl sites for hydroxylation is 1. The summed E-state index contributed by atoms with van der Waals surface area (Å²) in [5.74, 6) is 0. The molecule has 0 aliphatic rings. The highest BCUT2D eigenvalue weighted by atomic mass is 32.1. The van der Waals surface area contributed by atoms with Crippen LogP contribution in [0.3, 0.4) is 0 Å². The van der Waals surface area contributed by atoms with Gasteiger partial charge in [-0.05, 0) is 26.2 Å². The van der Waals surface area contributed by atoms with E-state index in [1.165, 1.54) is 12.7 Å². The number of nitrogens with zero attached hydrogens (tertiary/aromatic N) is 1. The maximum Gasteiger partial charge on any atom is 0.160 e. The van der Waals surface area contributed by atoms with Gasteiger partial charge in [0.1, 0.15) is 0 Å². The van der Waals surface area contributed by atoms with E-state index in [-0.39, 0.29) is 0 Å². The normalized spacial score (nSPS) is 8.40. The van der Waals surface area contributed by atoms with E-state index >= 15 is 0 Å². The van der Waals surface area contributed by atoms with Gasteiger partial charge in [-0.15, -0.1) is 11.3 Å². The lowest BCUT2D eigenvalue weighted by molar-refractivity contribution is 0.874. The van der Waals surface area contributed by atoms with Gasteiger partial charge >= 0.3 is 0 Å². The minimum atomic E-state index is 0.947. The summed E-state index contributed by atoms with van der Waals surface area (Å²) in [6.45, 7) is 2.05. The lowest BCUT2D eigenvalue weighted by Crippen LogP contribution is -1.87. The third-order valence-corrected chi connectivity index (χ3v) is 2.63. The van der Waals surface area contributed by atoms with Crippen LogP contribution in [0.4, 0.5) is 0 Å². The molecule has 0 saturated carbocycles. The Kier molecular flexibility index (Phi) is 4.51. The smallest absolute Gasteiger partial charge is 0.160 e. The summed E-state index contributed by atoms with van der Waals surface area (Å²) >= 11 is 6.56. The van der Waals surface area contributed by atoms with Crippen LogP contribution in [-0.4, -0.2) is 11.6 Å². The Morgan fingerprint density at radius 1 is 1.60 bits per heavy atom. The van der Waals surface area contributed by atoms with E-state index < -0.39 is 0 Å². The lowest BCUT2D eigenvalue weighted by atomic mass is 10.6. The molecule has 58 valence electrons. The van der Waals surface area contributed by atoms with Gasteiger partial charge in [0.05, 0.1) is 0 Å². The molecule has 0 radical (unpaired) electrons. The summed E-state index contributed by atoms with van der Waals surface area (Å²) in [5.41, 5.74) is 5.74. The molecule has 1 rings (SSSR count). The van der Waals surface area contributed by atoms with E-state index in [1.54, 1.807) is 11.3 Å². The predicted molar refractivity (Wildman–Crippen MR) is 49.0 cm³/mol. The molecule has 0 aliphatic carbocycles. The van der Waals surface area contributed by atoms with Gasteiger partial charge in [-0.1, -0.05) is 0 Å². The van der Waals surface area contributed by atoms with E-state index in [0.717, 1.165) is 3.95 Å². The summed E-state index contributed by atoms with van der Waals surface area (Å²) in [7, 11) is 3.48. The topological polar surface area (TPSA) is 30.9 Å². The highest BCUT2D eigenvalue weighted by Gasteiger charge is 1.89. The molecular formula is C6H12N2S2. The fourth-order valence-corrected chi connectivity index (χ4v) is 1.46. The second-order valence-electron chi connectivity index (χ2n) is 1.70. The van der Waals surface area contributed by atoms with Gasteiger partial charge in [0, 0.05) is 18.1 Å². The van der Waals surface area contributed by atoms with Crippen molar-refractivity contribution in [1.82, 2.24) is 4.57 Å². The Labute approximate surface area is 70.3 Å². The van der Waals surface area contributed by atoms with Gasteiger partial charge in [0.2, 0.25) is 0 Å². The molecule has 10 heavy (non-hydrogen) atoms. The summed E-state index contributed by atoms with van der Waals surface area (Å²) < 4.78 is 2.95. The van der Waals surface area contributed by atoms with Crippen molar-refractivity contribution in [3.8, 4) is 0 Å². The van der Waals surface area contributed by atoms with Crippen molar-refractivity contribution in [3.63, 3.8) is 0 Å². The third-order valence-electron chi connectivity index (χ3n) is 1.13. The maximum atomic E-state index is 4.96. The molecular weight excluding hydrogens is 164 g/mol. The number of nitrogens with two attached hydrogens (primary N) is 1. The molecule has 2 N–H and O–H groups in total. The first kappa shape index (κ1) is 9.81. The van der Waals surface area contributed by atoms with E-state index in [1.807, 2.05) is 18.5 Å². The standard InChI is InChI=1S/C5H7NS2.CH5N/c1-4-3-8-5(7)6(4)2;1-2/h3H,1-2H3;2H2,1H3. The summed E-state index contributed by atoms with van der Waals surface area (Å²) in [6, 6.07) is 0. The number of aromatic nitrogens is 1. The fraction of sp³-hybridized carbons (Fsp3) is 0.500. The van der Waals surface area contributed by atoms with Crippen molar-refractivity contribution in [2.24, 2.45) is 12.8 Å². The van der Waals surface area contributed by atoms with Crippen LogP contribution in [-0.2, 0) is 7.05 Å². The summed E-state index contributed by atoms with van der Waals surface area (Å²) in [6.07, 6.45) is 0. The minimum absolute atomic E-state index is 0.947. The van der Waals surface area contributed by atoms with Crippen molar-refractivity contribution in [2.45, 2.75) is 6.92 Å². The molecule has 1 aromatic rings. The average molecular weight is 176 g/mol. The first-order valence-corrected chi connectivity index (χ1v) is 4.19. The molecule has 1 aromatic heterocycles. The van der Waals surface area contributed by atoms with E-state index in [0.29, 0.717) is 0 Å². The van der Waals surface area contributed by atoms with Crippen LogP contribution < -0.4 is 5.73 Å². The van der Waals surface area contributed by atoms with Crippen molar-refractivity contribution in [2.75, 3.05) is 7.05 Å². The van der Waals surface area contributed by atoms with Crippen LogP contribution in [0.25, 0.3) is 0 Å². The van der Waals surface area contributed by atoms with Crippen LogP contribution in [0.5, 0.6) is 0 Å². The molecule has 0 saturated heterocycles. The van der Waals surface area contributed by atoms with Gasteiger partial charge in [-0.2, -0.15) is 0 Å². The quantitative estimate of drug-likeness (QED) is 0.610. The first-order chi connectivity index (χ1) is 4.72. The third kappa shape index (κ3) is 2.21. The SMILES string of the molecule is CN.Cc1csc(=S)n1C. The first-order valence-electron chi connectivity index (χ1n) is 2.90. The molecule has 2 nitrogen and oxygen atoms in total. The van der Waals surface area contributed by atoms with Crippen molar-refractivity contribution < 1.29 is 0 Å². The molecule has 1 heterocycles. The van der Waals surface area contributed by atoms with Gasteiger partial charge in [-0.25, -0.2) is 0 Å². The molecule has 0 unspecified atom stereocenters. The highest BCUT2D eigenvalue weighted by Crippen LogP contribution is 2.05. The summed E-state index contributed by atoms with van der Waals surface area (Å²) in [4.78, 5) is 0. The number of hydrogen-bond acceptors (Lipinski definition) is 3. The van der Waals surface area contributed by atoms with Crippen LogP contribution in [0, 0.1) is 10.9 Å².